The molecule has 0 amide bonds. The fourth-order valence-corrected chi connectivity index (χ4v) is 3.43. The van der Waals surface area contributed by atoms with Gasteiger partial charge in [-0.2, -0.15) is 0 Å². The molecule has 1 rings (SSSR count). The Kier molecular flexibility index (Phi) is 6.95. The lowest BCUT2D eigenvalue weighted by Crippen LogP contribution is -2.33. The Labute approximate surface area is 122 Å². The highest BCUT2D eigenvalue weighted by Crippen LogP contribution is 2.18. The summed E-state index contributed by atoms with van der Waals surface area (Å²) in [4.78, 5) is 0.274. The molecule has 1 aromatic carbocycles. The minimum absolute atomic E-state index is 0.274. The second-order valence-corrected chi connectivity index (χ2v) is 6.79. The molecular weight excluding hydrogens is 332 g/mol. The van der Waals surface area contributed by atoms with E-state index in [1.165, 1.54) is 0 Å². The molecule has 2 N–H and O–H groups in total. The number of hydrogen-bond donors (Lipinski definition) is 2. The van der Waals surface area contributed by atoms with Crippen molar-refractivity contribution in [1.29, 1.82) is 0 Å². The van der Waals surface area contributed by atoms with Gasteiger partial charge in [0.25, 0.3) is 0 Å². The van der Waals surface area contributed by atoms with Crippen LogP contribution in [0.15, 0.2) is 27.6 Å². The van der Waals surface area contributed by atoms with Crippen LogP contribution in [0.3, 0.4) is 0 Å². The quantitative estimate of drug-likeness (QED) is 0.693. The van der Waals surface area contributed by atoms with Gasteiger partial charge in [-0.3, -0.25) is 0 Å². The Bertz CT molecular complexity index is 485. The second-order valence-electron chi connectivity index (χ2n) is 4.10. The normalized spacial score (nSPS) is 11.7. The summed E-state index contributed by atoms with van der Waals surface area (Å²) in [6.07, 6.45) is 0. The topological polar surface area (TPSA) is 67.4 Å². The zero-order valence-electron chi connectivity index (χ0n) is 11.1. The van der Waals surface area contributed by atoms with E-state index in [-0.39, 0.29) is 4.90 Å². The number of methoxy groups -OCH3 is 1. The Balaban J connectivity index is 2.51. The van der Waals surface area contributed by atoms with Crippen molar-refractivity contribution in [1.82, 2.24) is 10.0 Å². The summed E-state index contributed by atoms with van der Waals surface area (Å²) in [7, 11) is -1.82. The molecule has 0 spiro atoms. The van der Waals surface area contributed by atoms with Gasteiger partial charge in [0.1, 0.15) is 0 Å². The summed E-state index contributed by atoms with van der Waals surface area (Å²) in [5.41, 5.74) is 0.896. The average Bonchev–Trinajstić information content (AvgIpc) is 2.32. The standard InChI is InChI=1S/C12H19BrN2O3S/c1-10-7-11(13)9-12(8-10)19(16,17)15-4-3-14-5-6-18-2/h7-9,14-15H,3-6H2,1-2H3. The van der Waals surface area contributed by atoms with Crippen LogP contribution in [-0.2, 0) is 14.8 Å². The van der Waals surface area contributed by atoms with Crippen LogP contribution in [0.1, 0.15) is 5.56 Å². The van der Waals surface area contributed by atoms with E-state index in [0.29, 0.717) is 26.2 Å². The zero-order chi connectivity index (χ0) is 14.3. The first-order valence-electron chi connectivity index (χ1n) is 5.92. The molecule has 0 aliphatic rings. The highest BCUT2D eigenvalue weighted by Gasteiger charge is 2.14. The molecule has 0 atom stereocenters. The molecule has 0 heterocycles. The minimum Gasteiger partial charge on any atom is -0.383 e. The Hall–Kier alpha value is -0.470. The number of hydrogen-bond acceptors (Lipinski definition) is 4. The van der Waals surface area contributed by atoms with Crippen LogP contribution in [-0.4, -0.2) is 41.8 Å². The summed E-state index contributed by atoms with van der Waals surface area (Å²) < 4.78 is 32.3. The van der Waals surface area contributed by atoms with Gasteiger partial charge in [0.2, 0.25) is 10.0 Å². The third-order valence-electron chi connectivity index (χ3n) is 2.40. The summed E-state index contributed by atoms with van der Waals surface area (Å²) >= 11 is 3.30. The molecule has 5 nitrogen and oxygen atoms in total. The molecule has 7 heteroatoms. The highest BCUT2D eigenvalue weighted by molar-refractivity contribution is 9.10. The summed E-state index contributed by atoms with van der Waals surface area (Å²) in [6, 6.07) is 5.10. The number of aryl methyl sites for hydroxylation is 1. The lowest BCUT2D eigenvalue weighted by atomic mass is 10.2. The van der Waals surface area contributed by atoms with Crippen molar-refractivity contribution in [2.45, 2.75) is 11.8 Å². The van der Waals surface area contributed by atoms with Crippen LogP contribution in [0.5, 0.6) is 0 Å². The smallest absolute Gasteiger partial charge is 0.240 e. The Morgan fingerprint density at radius 3 is 2.58 bits per heavy atom. The predicted molar refractivity (Wildman–Crippen MR) is 78.8 cm³/mol. The lowest BCUT2D eigenvalue weighted by molar-refractivity contribution is 0.199. The number of ether oxygens (including phenoxy) is 1. The Morgan fingerprint density at radius 1 is 1.21 bits per heavy atom. The van der Waals surface area contributed by atoms with E-state index in [1.807, 2.05) is 13.0 Å². The fourth-order valence-electron chi connectivity index (χ4n) is 1.51. The maximum absolute atomic E-state index is 12.0. The first-order chi connectivity index (χ1) is 8.95. The van der Waals surface area contributed by atoms with Crippen LogP contribution in [0, 0.1) is 6.92 Å². The molecule has 0 saturated carbocycles. The maximum atomic E-state index is 12.0. The van der Waals surface area contributed by atoms with Crippen LogP contribution < -0.4 is 10.0 Å². The summed E-state index contributed by atoms with van der Waals surface area (Å²) in [5.74, 6) is 0. The highest BCUT2D eigenvalue weighted by atomic mass is 79.9. The van der Waals surface area contributed by atoms with Gasteiger partial charge in [-0.1, -0.05) is 15.9 Å². The SMILES string of the molecule is COCCNCCNS(=O)(=O)c1cc(C)cc(Br)c1. The Morgan fingerprint density at radius 2 is 1.95 bits per heavy atom. The molecule has 0 bridgehead atoms. The molecule has 1 aromatic rings. The van der Waals surface area contributed by atoms with Gasteiger partial charge in [0.15, 0.2) is 0 Å². The van der Waals surface area contributed by atoms with Gasteiger partial charge < -0.3 is 10.1 Å². The van der Waals surface area contributed by atoms with E-state index in [4.69, 9.17) is 4.74 Å². The molecule has 0 aromatic heterocycles. The van der Waals surface area contributed by atoms with Gasteiger partial charge in [-0.05, 0) is 30.7 Å². The molecular formula is C12H19BrN2O3S. The molecule has 0 aliphatic heterocycles. The molecule has 0 unspecified atom stereocenters. The van der Waals surface area contributed by atoms with Crippen molar-refractivity contribution in [2.75, 3.05) is 33.4 Å². The third-order valence-corrected chi connectivity index (χ3v) is 4.30. The number of rotatable bonds is 8. The maximum Gasteiger partial charge on any atom is 0.240 e. The monoisotopic (exact) mass is 350 g/mol. The number of sulfonamides is 1. The molecule has 0 fully saturated rings. The zero-order valence-corrected chi connectivity index (χ0v) is 13.5. The first-order valence-corrected chi connectivity index (χ1v) is 8.20. The largest absolute Gasteiger partial charge is 0.383 e. The first kappa shape index (κ1) is 16.6. The van der Waals surface area contributed by atoms with Crippen molar-refractivity contribution in [3.05, 3.63) is 28.2 Å². The number of nitrogens with one attached hydrogen (secondary N) is 2. The van der Waals surface area contributed by atoms with Crippen molar-refractivity contribution < 1.29 is 13.2 Å². The van der Waals surface area contributed by atoms with Gasteiger partial charge in [-0.25, -0.2) is 13.1 Å². The van der Waals surface area contributed by atoms with E-state index < -0.39 is 10.0 Å². The summed E-state index contributed by atoms with van der Waals surface area (Å²) in [5, 5.41) is 3.07. The molecule has 0 radical (unpaired) electrons. The van der Waals surface area contributed by atoms with E-state index in [9.17, 15) is 8.42 Å². The number of halogens is 1. The van der Waals surface area contributed by atoms with Gasteiger partial charge in [0.05, 0.1) is 11.5 Å². The summed E-state index contributed by atoms with van der Waals surface area (Å²) in [6.45, 7) is 4.08. The van der Waals surface area contributed by atoms with Crippen molar-refractivity contribution >= 4 is 26.0 Å². The van der Waals surface area contributed by atoms with Crippen LogP contribution in [0.2, 0.25) is 0 Å². The molecule has 108 valence electrons. The average molecular weight is 351 g/mol. The van der Waals surface area contributed by atoms with Crippen LogP contribution >= 0.6 is 15.9 Å². The van der Waals surface area contributed by atoms with E-state index in [0.717, 1.165) is 10.0 Å². The lowest BCUT2D eigenvalue weighted by Gasteiger charge is -2.09. The van der Waals surface area contributed by atoms with Crippen molar-refractivity contribution in [2.24, 2.45) is 0 Å². The minimum atomic E-state index is -3.45. The van der Waals surface area contributed by atoms with E-state index >= 15 is 0 Å². The van der Waals surface area contributed by atoms with Gasteiger partial charge >= 0.3 is 0 Å². The van der Waals surface area contributed by atoms with E-state index in [1.54, 1.807) is 19.2 Å². The number of benzene rings is 1. The second kappa shape index (κ2) is 7.96. The predicted octanol–water partition coefficient (Wildman–Crippen LogP) is 1.27. The third kappa shape index (κ3) is 6.01. The van der Waals surface area contributed by atoms with Gasteiger partial charge in [0, 0.05) is 31.2 Å². The van der Waals surface area contributed by atoms with Crippen LogP contribution in [0.4, 0.5) is 0 Å². The molecule has 19 heavy (non-hydrogen) atoms. The molecule has 0 saturated heterocycles. The van der Waals surface area contributed by atoms with E-state index in [2.05, 4.69) is 26.0 Å². The fraction of sp³-hybridized carbons (Fsp3) is 0.500. The van der Waals surface area contributed by atoms with Crippen molar-refractivity contribution in [3.8, 4) is 0 Å². The van der Waals surface area contributed by atoms with Crippen molar-refractivity contribution in [3.63, 3.8) is 0 Å². The van der Waals surface area contributed by atoms with Gasteiger partial charge in [-0.15, -0.1) is 0 Å². The van der Waals surface area contributed by atoms with Crippen LogP contribution in [0.25, 0.3) is 0 Å². The molecule has 0 aliphatic carbocycles.